The molecule has 0 aliphatic rings. The summed E-state index contributed by atoms with van der Waals surface area (Å²) in [5.74, 6) is -1.48. The number of esters is 1. The molecule has 0 unspecified atom stereocenters. The van der Waals surface area contributed by atoms with E-state index in [1.807, 2.05) is 0 Å². The molecule has 0 aromatic carbocycles. The average molecular weight is 312 g/mol. The highest BCUT2D eigenvalue weighted by molar-refractivity contribution is 7.18. The number of rotatable bonds is 4. The summed E-state index contributed by atoms with van der Waals surface area (Å²) in [7, 11) is 0. The molecular formula is C14H20N2O4S. The Hall–Kier alpha value is -1.89. The van der Waals surface area contributed by atoms with Crippen LogP contribution in [0.1, 0.15) is 53.3 Å². The van der Waals surface area contributed by atoms with E-state index in [1.54, 1.807) is 34.6 Å². The fourth-order valence-electron chi connectivity index (χ4n) is 1.58. The molecule has 0 fully saturated rings. The Morgan fingerprint density at radius 2 is 1.86 bits per heavy atom. The van der Waals surface area contributed by atoms with Crippen molar-refractivity contribution in [3.8, 4) is 0 Å². The summed E-state index contributed by atoms with van der Waals surface area (Å²) in [4.78, 5) is 35.8. The summed E-state index contributed by atoms with van der Waals surface area (Å²) in [5.41, 5.74) is 5.28. The van der Waals surface area contributed by atoms with Crippen LogP contribution in [-0.2, 0) is 9.53 Å². The largest absolute Gasteiger partial charge is 0.462 e. The molecule has 1 rings (SSSR count). The Labute approximate surface area is 127 Å². The fraction of sp³-hybridized carbons (Fsp3) is 0.500. The SMILES string of the molecule is CCOC(=O)c1c(NC(=O)C(C)(C)C)sc(C(N)=O)c1C. The van der Waals surface area contributed by atoms with E-state index in [9.17, 15) is 14.4 Å². The summed E-state index contributed by atoms with van der Waals surface area (Å²) in [5, 5.41) is 2.97. The number of thiophene rings is 1. The number of hydrogen-bond acceptors (Lipinski definition) is 5. The van der Waals surface area contributed by atoms with Crippen LogP contribution < -0.4 is 11.1 Å². The van der Waals surface area contributed by atoms with Crippen molar-refractivity contribution < 1.29 is 19.1 Å². The van der Waals surface area contributed by atoms with Crippen LogP contribution in [0, 0.1) is 12.3 Å². The zero-order valence-electron chi connectivity index (χ0n) is 12.8. The van der Waals surface area contributed by atoms with Gasteiger partial charge in [0.05, 0.1) is 17.0 Å². The number of hydrogen-bond donors (Lipinski definition) is 2. The molecule has 0 radical (unpaired) electrons. The predicted octanol–water partition coefficient (Wildman–Crippen LogP) is 2.32. The van der Waals surface area contributed by atoms with Crippen molar-refractivity contribution in [3.05, 3.63) is 16.0 Å². The molecule has 6 nitrogen and oxygen atoms in total. The number of nitrogens with one attached hydrogen (secondary N) is 1. The Kier molecular flexibility index (Phi) is 5.11. The Balaban J connectivity index is 3.30. The van der Waals surface area contributed by atoms with Crippen LogP contribution in [0.15, 0.2) is 0 Å². The minimum atomic E-state index is -0.640. The van der Waals surface area contributed by atoms with Gasteiger partial charge < -0.3 is 15.8 Å². The average Bonchev–Trinajstić information content (AvgIpc) is 2.65. The molecule has 3 N–H and O–H groups in total. The Morgan fingerprint density at radius 1 is 1.29 bits per heavy atom. The number of primary amides is 1. The van der Waals surface area contributed by atoms with Crippen LogP contribution in [0.4, 0.5) is 5.00 Å². The lowest BCUT2D eigenvalue weighted by atomic mass is 9.96. The maximum absolute atomic E-state index is 12.1. The van der Waals surface area contributed by atoms with Gasteiger partial charge in [0.15, 0.2) is 0 Å². The first kappa shape index (κ1) is 17.2. The zero-order valence-corrected chi connectivity index (χ0v) is 13.6. The van der Waals surface area contributed by atoms with Crippen molar-refractivity contribution in [2.45, 2.75) is 34.6 Å². The van der Waals surface area contributed by atoms with Crippen LogP contribution in [0.3, 0.4) is 0 Å². The van der Waals surface area contributed by atoms with Crippen LogP contribution in [-0.4, -0.2) is 24.4 Å². The number of ether oxygens (including phenoxy) is 1. The molecule has 0 spiro atoms. The van der Waals surface area contributed by atoms with Gasteiger partial charge in [-0.2, -0.15) is 0 Å². The van der Waals surface area contributed by atoms with Gasteiger partial charge in [0.2, 0.25) is 5.91 Å². The van der Waals surface area contributed by atoms with Crippen molar-refractivity contribution in [3.63, 3.8) is 0 Å². The molecule has 2 amide bonds. The van der Waals surface area contributed by atoms with E-state index in [0.717, 1.165) is 11.3 Å². The third-order valence-corrected chi connectivity index (χ3v) is 3.98. The molecule has 0 aliphatic carbocycles. The minimum Gasteiger partial charge on any atom is -0.462 e. The molecule has 7 heteroatoms. The van der Waals surface area contributed by atoms with Crippen molar-refractivity contribution in [1.82, 2.24) is 0 Å². The summed E-state index contributed by atoms with van der Waals surface area (Å²) < 4.78 is 4.97. The van der Waals surface area contributed by atoms with Gasteiger partial charge in [-0.3, -0.25) is 9.59 Å². The van der Waals surface area contributed by atoms with E-state index < -0.39 is 17.3 Å². The minimum absolute atomic E-state index is 0.188. The van der Waals surface area contributed by atoms with Crippen molar-refractivity contribution in [2.24, 2.45) is 11.1 Å². The number of nitrogens with two attached hydrogens (primary N) is 1. The highest BCUT2D eigenvalue weighted by Crippen LogP contribution is 2.34. The Bertz CT molecular complexity index is 585. The molecule has 1 heterocycles. The smallest absolute Gasteiger partial charge is 0.341 e. The van der Waals surface area contributed by atoms with Crippen molar-refractivity contribution in [2.75, 3.05) is 11.9 Å². The van der Waals surface area contributed by atoms with Crippen LogP contribution in [0.2, 0.25) is 0 Å². The van der Waals surface area contributed by atoms with Crippen molar-refractivity contribution in [1.29, 1.82) is 0 Å². The Morgan fingerprint density at radius 3 is 2.29 bits per heavy atom. The van der Waals surface area contributed by atoms with E-state index in [1.165, 1.54) is 0 Å². The number of amides is 2. The highest BCUT2D eigenvalue weighted by atomic mass is 32.1. The van der Waals surface area contributed by atoms with Crippen LogP contribution >= 0.6 is 11.3 Å². The number of anilines is 1. The van der Waals surface area contributed by atoms with Crippen molar-refractivity contribution >= 4 is 34.1 Å². The molecule has 0 saturated carbocycles. The van der Waals surface area contributed by atoms with Gasteiger partial charge in [0.1, 0.15) is 5.00 Å². The molecule has 21 heavy (non-hydrogen) atoms. The molecule has 1 aromatic heterocycles. The molecule has 1 aromatic rings. The van der Waals surface area contributed by atoms with Crippen LogP contribution in [0.25, 0.3) is 0 Å². The second kappa shape index (κ2) is 6.26. The van der Waals surface area contributed by atoms with Gasteiger partial charge >= 0.3 is 5.97 Å². The fourth-order valence-corrected chi connectivity index (χ4v) is 2.62. The molecule has 0 bridgehead atoms. The topological polar surface area (TPSA) is 98.5 Å². The maximum Gasteiger partial charge on any atom is 0.341 e. The number of carbonyl (C=O) groups excluding carboxylic acids is 3. The normalized spacial score (nSPS) is 11.1. The van der Waals surface area contributed by atoms with E-state index >= 15 is 0 Å². The van der Waals surface area contributed by atoms with Gasteiger partial charge in [0.25, 0.3) is 5.91 Å². The van der Waals surface area contributed by atoms with Crippen LogP contribution in [0.5, 0.6) is 0 Å². The predicted molar refractivity (Wildman–Crippen MR) is 81.6 cm³/mol. The van der Waals surface area contributed by atoms with Gasteiger partial charge in [0, 0.05) is 5.41 Å². The monoisotopic (exact) mass is 312 g/mol. The lowest BCUT2D eigenvalue weighted by molar-refractivity contribution is -0.123. The van der Waals surface area contributed by atoms with Gasteiger partial charge in [-0.05, 0) is 19.4 Å². The summed E-state index contributed by atoms with van der Waals surface area (Å²) in [6.45, 7) is 8.75. The molecule has 0 aliphatic heterocycles. The second-order valence-corrected chi connectivity index (χ2v) is 6.57. The van der Waals surface area contributed by atoms with E-state index in [4.69, 9.17) is 10.5 Å². The third-order valence-electron chi connectivity index (χ3n) is 2.76. The van der Waals surface area contributed by atoms with Gasteiger partial charge in [-0.25, -0.2) is 4.79 Å². The van der Waals surface area contributed by atoms with Gasteiger partial charge in [-0.1, -0.05) is 20.8 Å². The number of carbonyl (C=O) groups is 3. The first-order valence-electron chi connectivity index (χ1n) is 6.51. The second-order valence-electron chi connectivity index (χ2n) is 5.55. The maximum atomic E-state index is 12.1. The molecule has 116 valence electrons. The third kappa shape index (κ3) is 3.81. The quantitative estimate of drug-likeness (QED) is 0.833. The summed E-state index contributed by atoms with van der Waals surface area (Å²) in [6.07, 6.45) is 0. The standard InChI is InChI=1S/C14H20N2O4S/c1-6-20-12(18)8-7(2)9(10(15)17)21-11(8)16-13(19)14(3,4)5/h6H2,1-5H3,(H2,15,17)(H,16,19). The molecular weight excluding hydrogens is 292 g/mol. The lowest BCUT2D eigenvalue weighted by Gasteiger charge is -2.17. The first-order valence-corrected chi connectivity index (χ1v) is 7.33. The first-order chi connectivity index (χ1) is 9.59. The van der Waals surface area contributed by atoms with E-state index in [2.05, 4.69) is 5.32 Å². The zero-order chi connectivity index (χ0) is 16.4. The molecule has 0 saturated heterocycles. The lowest BCUT2D eigenvalue weighted by Crippen LogP contribution is -2.28. The summed E-state index contributed by atoms with van der Waals surface area (Å²) >= 11 is 0.986. The summed E-state index contributed by atoms with van der Waals surface area (Å²) in [6, 6.07) is 0. The molecule has 0 atom stereocenters. The van der Waals surface area contributed by atoms with E-state index in [0.29, 0.717) is 10.6 Å². The van der Waals surface area contributed by atoms with E-state index in [-0.39, 0.29) is 23.0 Å². The highest BCUT2D eigenvalue weighted by Gasteiger charge is 2.28. The van der Waals surface area contributed by atoms with Gasteiger partial charge in [-0.15, -0.1) is 11.3 Å².